The molecule has 1 atom stereocenters. The second-order valence-electron chi connectivity index (χ2n) is 2.87. The predicted octanol–water partition coefficient (Wildman–Crippen LogP) is -2.05. The quantitative estimate of drug-likeness (QED) is 0.467. The van der Waals surface area contributed by atoms with E-state index in [4.69, 9.17) is 10.2 Å². The summed E-state index contributed by atoms with van der Waals surface area (Å²) in [5.41, 5.74) is -0.528. The number of carbonyl (C=O) groups excluding carboxylic acids is 1. The summed E-state index contributed by atoms with van der Waals surface area (Å²) in [7, 11) is 0. The van der Waals surface area contributed by atoms with Crippen molar-refractivity contribution in [1.82, 2.24) is 15.5 Å². The van der Waals surface area contributed by atoms with Gasteiger partial charge in [0.05, 0.1) is 6.54 Å². The van der Waals surface area contributed by atoms with Gasteiger partial charge in [-0.1, -0.05) is 0 Å². The summed E-state index contributed by atoms with van der Waals surface area (Å²) in [4.78, 5) is 32.1. The number of H-pyrrole nitrogens is 1. The molecular formula is C8H9N3O5. The molecule has 0 aliphatic heterocycles. The molecule has 0 bridgehead atoms. The number of aliphatic hydroxyl groups excluding tert-OH is 1. The number of rotatable bonds is 4. The fourth-order valence-electron chi connectivity index (χ4n) is 0.838. The van der Waals surface area contributed by atoms with Gasteiger partial charge in [-0.25, -0.2) is 9.89 Å². The number of aromatic nitrogens is 2. The molecule has 1 heterocycles. The molecule has 0 spiro atoms. The number of amides is 1. The van der Waals surface area contributed by atoms with Gasteiger partial charge in [-0.2, -0.15) is 5.10 Å². The molecule has 0 unspecified atom stereocenters. The molecule has 8 nitrogen and oxygen atoms in total. The van der Waals surface area contributed by atoms with Crippen LogP contribution in [0.25, 0.3) is 0 Å². The van der Waals surface area contributed by atoms with Crippen LogP contribution in [0.5, 0.6) is 0 Å². The highest BCUT2D eigenvalue weighted by Gasteiger charge is 2.15. The minimum atomic E-state index is -1.67. The van der Waals surface area contributed by atoms with Crippen molar-refractivity contribution >= 4 is 11.9 Å². The standard InChI is InChI=1S/C8H9N3O5/c12-5(8(15)16)3-9-7(14)4-1-2-6(13)11-10-4/h1-2,5,12H,3H2,(H,9,14)(H,11,13)(H,15,16)/t5-/m0/s1. The number of carbonyl (C=O) groups is 2. The number of aliphatic hydroxyl groups is 1. The third-order valence-electron chi connectivity index (χ3n) is 1.65. The summed E-state index contributed by atoms with van der Waals surface area (Å²) >= 11 is 0. The van der Waals surface area contributed by atoms with Crippen molar-refractivity contribution in [3.63, 3.8) is 0 Å². The minimum Gasteiger partial charge on any atom is -0.479 e. The van der Waals surface area contributed by atoms with Crippen LogP contribution in [0.2, 0.25) is 0 Å². The molecule has 86 valence electrons. The zero-order valence-electron chi connectivity index (χ0n) is 8.01. The lowest BCUT2D eigenvalue weighted by molar-refractivity contribution is -0.146. The van der Waals surface area contributed by atoms with Gasteiger partial charge in [-0.15, -0.1) is 0 Å². The van der Waals surface area contributed by atoms with Crippen LogP contribution in [0.15, 0.2) is 16.9 Å². The van der Waals surface area contributed by atoms with Crippen molar-refractivity contribution in [2.75, 3.05) is 6.54 Å². The Morgan fingerprint density at radius 3 is 2.69 bits per heavy atom. The highest BCUT2D eigenvalue weighted by molar-refractivity contribution is 5.92. The van der Waals surface area contributed by atoms with Crippen molar-refractivity contribution in [1.29, 1.82) is 0 Å². The molecule has 1 amide bonds. The van der Waals surface area contributed by atoms with Crippen molar-refractivity contribution in [3.8, 4) is 0 Å². The van der Waals surface area contributed by atoms with Gasteiger partial charge in [0.15, 0.2) is 6.10 Å². The van der Waals surface area contributed by atoms with E-state index in [2.05, 4.69) is 10.4 Å². The number of carboxylic acid groups (broad SMARTS) is 1. The van der Waals surface area contributed by atoms with Crippen molar-refractivity contribution < 1.29 is 19.8 Å². The molecule has 1 aromatic heterocycles. The number of nitrogens with one attached hydrogen (secondary N) is 2. The Balaban J connectivity index is 2.56. The molecular weight excluding hydrogens is 218 g/mol. The van der Waals surface area contributed by atoms with E-state index in [1.807, 2.05) is 5.10 Å². The van der Waals surface area contributed by atoms with E-state index in [9.17, 15) is 14.4 Å². The van der Waals surface area contributed by atoms with Gasteiger partial charge < -0.3 is 15.5 Å². The number of aromatic amines is 1. The molecule has 0 saturated heterocycles. The van der Waals surface area contributed by atoms with E-state index >= 15 is 0 Å². The Bertz CT molecular complexity index is 435. The second kappa shape index (κ2) is 5.03. The predicted molar refractivity (Wildman–Crippen MR) is 50.8 cm³/mol. The van der Waals surface area contributed by atoms with Gasteiger partial charge >= 0.3 is 5.97 Å². The lowest BCUT2D eigenvalue weighted by atomic mass is 10.3. The first kappa shape index (κ1) is 11.9. The molecule has 8 heteroatoms. The monoisotopic (exact) mass is 227 g/mol. The summed E-state index contributed by atoms with van der Waals surface area (Å²) in [5.74, 6) is -2.12. The van der Waals surface area contributed by atoms with E-state index in [0.29, 0.717) is 0 Å². The number of carboxylic acids is 1. The molecule has 1 rings (SSSR count). The summed E-state index contributed by atoms with van der Waals surface area (Å²) in [5, 5.41) is 24.8. The highest BCUT2D eigenvalue weighted by atomic mass is 16.4. The van der Waals surface area contributed by atoms with Gasteiger partial charge in [-0.05, 0) is 6.07 Å². The zero-order valence-corrected chi connectivity index (χ0v) is 8.01. The third kappa shape index (κ3) is 3.17. The van der Waals surface area contributed by atoms with E-state index < -0.39 is 30.1 Å². The SMILES string of the molecule is O=C(NC[C@H](O)C(=O)O)c1ccc(=O)[nH]n1. The first-order valence-corrected chi connectivity index (χ1v) is 4.25. The smallest absolute Gasteiger partial charge is 0.334 e. The molecule has 16 heavy (non-hydrogen) atoms. The lowest BCUT2D eigenvalue weighted by Crippen LogP contribution is -2.37. The largest absolute Gasteiger partial charge is 0.479 e. The fraction of sp³-hybridized carbons (Fsp3) is 0.250. The van der Waals surface area contributed by atoms with Gasteiger partial charge in [-0.3, -0.25) is 9.59 Å². The molecule has 0 radical (unpaired) electrons. The molecule has 0 fully saturated rings. The normalized spacial score (nSPS) is 11.8. The van der Waals surface area contributed by atoms with Gasteiger partial charge in [0.1, 0.15) is 5.69 Å². The summed E-state index contributed by atoms with van der Waals surface area (Å²) in [6.45, 7) is -0.436. The average Bonchev–Trinajstić information content (AvgIpc) is 2.26. The Labute approximate surface area is 88.9 Å². The maximum absolute atomic E-state index is 11.3. The Morgan fingerprint density at radius 2 is 2.19 bits per heavy atom. The van der Waals surface area contributed by atoms with E-state index in [1.165, 1.54) is 6.07 Å². The second-order valence-corrected chi connectivity index (χ2v) is 2.87. The number of aliphatic carboxylic acids is 1. The van der Waals surface area contributed by atoms with Crippen LogP contribution in [0.1, 0.15) is 10.5 Å². The maximum atomic E-state index is 11.3. The van der Waals surface area contributed by atoms with Crippen LogP contribution in [0, 0.1) is 0 Å². The number of hydrogen-bond acceptors (Lipinski definition) is 5. The maximum Gasteiger partial charge on any atom is 0.334 e. The van der Waals surface area contributed by atoms with Crippen molar-refractivity contribution in [2.24, 2.45) is 0 Å². The fourth-order valence-corrected chi connectivity index (χ4v) is 0.838. The average molecular weight is 227 g/mol. The van der Waals surface area contributed by atoms with Crippen molar-refractivity contribution in [2.45, 2.75) is 6.10 Å². The summed E-state index contributed by atoms with van der Waals surface area (Å²) in [6, 6.07) is 2.29. The summed E-state index contributed by atoms with van der Waals surface area (Å²) < 4.78 is 0. The molecule has 0 aromatic carbocycles. The summed E-state index contributed by atoms with van der Waals surface area (Å²) in [6.07, 6.45) is -1.67. The minimum absolute atomic E-state index is 0.0720. The lowest BCUT2D eigenvalue weighted by Gasteiger charge is -2.06. The molecule has 0 saturated carbocycles. The Hall–Kier alpha value is -2.22. The van der Waals surface area contributed by atoms with Crippen molar-refractivity contribution in [3.05, 3.63) is 28.2 Å². The topological polar surface area (TPSA) is 132 Å². The Morgan fingerprint density at radius 1 is 1.50 bits per heavy atom. The Kier molecular flexibility index (Phi) is 3.72. The van der Waals surface area contributed by atoms with Crippen LogP contribution < -0.4 is 10.9 Å². The molecule has 0 aliphatic rings. The zero-order chi connectivity index (χ0) is 12.1. The number of hydrogen-bond donors (Lipinski definition) is 4. The van der Waals surface area contributed by atoms with Crippen LogP contribution in [-0.4, -0.2) is 44.9 Å². The first-order chi connectivity index (χ1) is 7.50. The van der Waals surface area contributed by atoms with Gasteiger partial charge in [0, 0.05) is 6.07 Å². The van der Waals surface area contributed by atoms with Crippen LogP contribution >= 0.6 is 0 Å². The van der Waals surface area contributed by atoms with Crippen LogP contribution in [0.3, 0.4) is 0 Å². The van der Waals surface area contributed by atoms with E-state index in [1.54, 1.807) is 0 Å². The van der Waals surface area contributed by atoms with E-state index in [0.717, 1.165) is 6.07 Å². The van der Waals surface area contributed by atoms with Crippen LogP contribution in [0.4, 0.5) is 0 Å². The first-order valence-electron chi connectivity index (χ1n) is 4.25. The van der Waals surface area contributed by atoms with Gasteiger partial charge in [0.2, 0.25) is 0 Å². The highest BCUT2D eigenvalue weighted by Crippen LogP contribution is 1.89. The molecule has 0 aliphatic carbocycles. The number of nitrogens with zero attached hydrogens (tertiary/aromatic N) is 1. The molecule has 4 N–H and O–H groups in total. The van der Waals surface area contributed by atoms with Crippen LogP contribution in [-0.2, 0) is 4.79 Å². The van der Waals surface area contributed by atoms with Gasteiger partial charge in [0.25, 0.3) is 11.5 Å². The third-order valence-corrected chi connectivity index (χ3v) is 1.65. The van der Waals surface area contributed by atoms with E-state index in [-0.39, 0.29) is 5.69 Å². The molecule has 1 aromatic rings.